The normalized spacial score (nSPS) is 14.2. The number of thiophene rings is 1. The molecule has 3 N–H and O–H groups in total. The predicted octanol–water partition coefficient (Wildman–Crippen LogP) is 2.37. The van der Waals surface area contributed by atoms with E-state index < -0.39 is 11.8 Å². The molecule has 0 radical (unpaired) electrons. The van der Waals surface area contributed by atoms with E-state index >= 15 is 0 Å². The van der Waals surface area contributed by atoms with Crippen molar-refractivity contribution in [1.82, 2.24) is 4.98 Å². The van der Waals surface area contributed by atoms with E-state index in [1.807, 2.05) is 0 Å². The van der Waals surface area contributed by atoms with Crippen molar-refractivity contribution in [1.29, 1.82) is 0 Å². The van der Waals surface area contributed by atoms with Crippen LogP contribution >= 0.6 is 11.3 Å². The molecule has 2 aromatic heterocycles. The summed E-state index contributed by atoms with van der Waals surface area (Å²) in [6.07, 6.45) is 6.63. The van der Waals surface area contributed by atoms with Crippen molar-refractivity contribution in [3.05, 3.63) is 46.1 Å². The average molecular weight is 302 g/mol. The molecule has 0 saturated heterocycles. The summed E-state index contributed by atoms with van der Waals surface area (Å²) in [6.45, 7) is 0. The monoisotopic (exact) mass is 302 g/mol. The van der Waals surface area contributed by atoms with Crippen molar-refractivity contribution < 1.29 is 11.0 Å². The van der Waals surface area contributed by atoms with Gasteiger partial charge in [0.2, 0.25) is 0 Å². The summed E-state index contributed by atoms with van der Waals surface area (Å²) in [7, 11) is 0. The second kappa shape index (κ2) is 5.65. The zero-order valence-corrected chi connectivity index (χ0v) is 12.1. The number of nitrogens with one attached hydrogen (secondary N) is 1. The maximum atomic E-state index is 12.3. The van der Waals surface area contributed by atoms with Gasteiger partial charge >= 0.3 is 0 Å². The largest absolute Gasteiger partial charge is 0.365 e. The van der Waals surface area contributed by atoms with Crippen molar-refractivity contribution >= 4 is 28.2 Å². The highest BCUT2D eigenvalue weighted by molar-refractivity contribution is 7.17. The van der Waals surface area contributed by atoms with Gasteiger partial charge in [0.25, 0.3) is 11.8 Å². The van der Waals surface area contributed by atoms with E-state index in [9.17, 15) is 9.59 Å². The molecule has 3 rings (SSSR count). The molecule has 1 aliphatic rings. The fourth-order valence-electron chi connectivity index (χ4n) is 2.53. The first kappa shape index (κ1) is 12.5. The number of fused-ring (bicyclic) bond motifs is 1. The van der Waals surface area contributed by atoms with Crippen molar-refractivity contribution in [2.24, 2.45) is 5.73 Å². The highest BCUT2D eigenvalue weighted by atomic mass is 32.1. The Morgan fingerprint density at radius 3 is 2.95 bits per heavy atom. The summed E-state index contributed by atoms with van der Waals surface area (Å²) in [5.41, 5.74) is 7.05. The smallest absolute Gasteiger partial charge is 0.257 e. The average Bonchev–Trinajstić information content (AvgIpc) is 2.85. The topological polar surface area (TPSA) is 85.1 Å². The van der Waals surface area contributed by atoms with Gasteiger partial charge in [0, 0.05) is 17.3 Å². The van der Waals surface area contributed by atoms with Gasteiger partial charge in [-0.2, -0.15) is 0 Å². The lowest BCUT2D eigenvalue weighted by Gasteiger charge is -2.11. The number of nitrogens with two attached hydrogens (primary N) is 1. The first-order valence-corrected chi connectivity index (χ1v) is 7.56. The Bertz CT molecular complexity index is 757. The third kappa shape index (κ3) is 2.67. The molecule has 0 atom stereocenters. The maximum Gasteiger partial charge on any atom is 0.257 e. The van der Waals surface area contributed by atoms with Crippen LogP contribution in [0.5, 0.6) is 0 Å². The van der Waals surface area contributed by atoms with Crippen LogP contribution in [0.4, 0.5) is 5.00 Å². The third-order valence-corrected chi connectivity index (χ3v) is 4.70. The minimum Gasteiger partial charge on any atom is -0.365 e. The molecule has 0 saturated carbocycles. The lowest BCUT2D eigenvalue weighted by Crippen LogP contribution is -2.18. The van der Waals surface area contributed by atoms with Gasteiger partial charge < -0.3 is 11.1 Å². The summed E-state index contributed by atoms with van der Waals surface area (Å²) in [4.78, 5) is 29.1. The Kier molecular flexibility index (Phi) is 3.37. The molecule has 2 aromatic rings. The van der Waals surface area contributed by atoms with Crippen molar-refractivity contribution in [2.75, 3.05) is 5.32 Å². The number of amides is 2. The number of hydrogen-bond acceptors (Lipinski definition) is 4. The Morgan fingerprint density at radius 1 is 1.38 bits per heavy atom. The number of rotatable bonds is 3. The fraction of sp³-hybridized carbons (Fsp3) is 0.267. The van der Waals surface area contributed by atoms with Crippen LogP contribution in [0.25, 0.3) is 0 Å². The first-order valence-electron chi connectivity index (χ1n) is 7.24. The van der Waals surface area contributed by atoms with Crippen molar-refractivity contribution in [2.45, 2.75) is 25.7 Å². The molecule has 1 aliphatic carbocycles. The number of aryl methyl sites for hydroxylation is 1. The van der Waals surface area contributed by atoms with Crippen molar-refractivity contribution in [3.63, 3.8) is 0 Å². The molecular weight excluding hydrogens is 286 g/mol. The second-order valence-corrected chi connectivity index (χ2v) is 5.99. The SMILES string of the molecule is [2H]c1ccncc1C(=O)Nc1sc2c(c1C(N)=O)CCCC2. The van der Waals surface area contributed by atoms with E-state index in [0.717, 1.165) is 36.1 Å². The number of aromatic nitrogens is 1. The molecule has 0 aliphatic heterocycles. The van der Waals surface area contributed by atoms with E-state index in [2.05, 4.69) is 10.3 Å². The van der Waals surface area contributed by atoms with Gasteiger partial charge in [-0.15, -0.1) is 11.3 Å². The highest BCUT2D eigenvalue weighted by Gasteiger charge is 2.25. The van der Waals surface area contributed by atoms with Crippen LogP contribution in [0, 0.1) is 0 Å². The van der Waals surface area contributed by atoms with Gasteiger partial charge in [-0.05, 0) is 43.4 Å². The molecule has 0 aromatic carbocycles. The quantitative estimate of drug-likeness (QED) is 0.912. The summed E-state index contributed by atoms with van der Waals surface area (Å²) >= 11 is 1.40. The Hall–Kier alpha value is -2.21. The van der Waals surface area contributed by atoms with E-state index in [1.54, 1.807) is 0 Å². The third-order valence-electron chi connectivity index (χ3n) is 3.49. The van der Waals surface area contributed by atoms with Crippen LogP contribution in [0.15, 0.2) is 24.5 Å². The van der Waals surface area contributed by atoms with Crippen LogP contribution < -0.4 is 11.1 Å². The molecule has 0 bridgehead atoms. The summed E-state index contributed by atoms with van der Waals surface area (Å²) in [5.74, 6) is -0.966. The van der Waals surface area contributed by atoms with Crippen LogP contribution in [0.3, 0.4) is 0 Å². The summed E-state index contributed by atoms with van der Waals surface area (Å²) in [6, 6.07) is 1.54. The number of anilines is 1. The summed E-state index contributed by atoms with van der Waals surface area (Å²) < 4.78 is 7.75. The van der Waals surface area contributed by atoms with E-state index in [0.29, 0.717) is 10.6 Å². The highest BCUT2D eigenvalue weighted by Crippen LogP contribution is 2.38. The maximum absolute atomic E-state index is 12.3. The van der Waals surface area contributed by atoms with Gasteiger partial charge in [-0.3, -0.25) is 14.6 Å². The van der Waals surface area contributed by atoms with E-state index in [-0.39, 0.29) is 11.6 Å². The second-order valence-electron chi connectivity index (χ2n) is 4.89. The number of carbonyl (C=O) groups excluding carboxylic acids is 2. The van der Waals surface area contributed by atoms with Crippen LogP contribution in [-0.2, 0) is 12.8 Å². The molecule has 108 valence electrons. The molecule has 6 heteroatoms. The predicted molar refractivity (Wildman–Crippen MR) is 81.7 cm³/mol. The number of nitrogens with zero attached hydrogens (tertiary/aromatic N) is 1. The Balaban J connectivity index is 1.95. The zero-order valence-electron chi connectivity index (χ0n) is 12.3. The molecule has 2 heterocycles. The lowest BCUT2D eigenvalue weighted by atomic mass is 9.95. The van der Waals surface area contributed by atoms with Gasteiger partial charge in [0.05, 0.1) is 12.5 Å². The van der Waals surface area contributed by atoms with Crippen LogP contribution in [-0.4, -0.2) is 16.8 Å². The summed E-state index contributed by atoms with van der Waals surface area (Å²) in [5, 5.41) is 3.20. The molecule has 5 nitrogen and oxygen atoms in total. The number of carbonyl (C=O) groups is 2. The van der Waals surface area contributed by atoms with Gasteiger partial charge in [0.15, 0.2) is 0 Å². The van der Waals surface area contributed by atoms with E-state index in [4.69, 9.17) is 7.10 Å². The molecule has 0 spiro atoms. The van der Waals surface area contributed by atoms with Gasteiger partial charge in [-0.1, -0.05) is 0 Å². The Labute approximate surface area is 127 Å². The standard InChI is InChI=1S/C15H15N3O2S/c16-13(19)12-10-5-1-2-6-11(10)21-15(12)18-14(20)9-4-3-7-17-8-9/h3-4,7-8H,1-2,5-6H2,(H2,16,19)(H,18,20)/i4D. The Morgan fingerprint density at radius 2 is 2.19 bits per heavy atom. The van der Waals surface area contributed by atoms with Gasteiger partial charge in [-0.25, -0.2) is 0 Å². The van der Waals surface area contributed by atoms with E-state index in [1.165, 1.54) is 29.8 Å². The minimum absolute atomic E-state index is 0.0921. The van der Waals surface area contributed by atoms with Gasteiger partial charge in [0.1, 0.15) is 5.00 Å². The number of hydrogen-bond donors (Lipinski definition) is 2. The minimum atomic E-state index is -0.521. The van der Waals surface area contributed by atoms with Crippen molar-refractivity contribution in [3.8, 4) is 0 Å². The van der Waals surface area contributed by atoms with Crippen LogP contribution in [0.2, 0.25) is 0 Å². The molecule has 21 heavy (non-hydrogen) atoms. The number of primary amides is 1. The lowest BCUT2D eigenvalue weighted by molar-refractivity contribution is 0.100. The molecular formula is C15H15N3O2S. The first-order chi connectivity index (χ1) is 10.6. The zero-order chi connectivity index (χ0) is 15.7. The fourth-order valence-corrected chi connectivity index (χ4v) is 3.82. The molecule has 0 unspecified atom stereocenters. The molecule has 0 fully saturated rings. The number of pyridine rings is 1. The molecule has 2 amide bonds. The van der Waals surface area contributed by atoms with Crippen LogP contribution in [0.1, 0.15) is 45.4 Å².